The second-order valence-corrected chi connectivity index (χ2v) is 6.40. The van der Waals surface area contributed by atoms with Gasteiger partial charge in [-0.3, -0.25) is 9.69 Å². The summed E-state index contributed by atoms with van der Waals surface area (Å²) >= 11 is 1.19. The van der Waals surface area contributed by atoms with E-state index in [1.807, 2.05) is 13.0 Å². The van der Waals surface area contributed by atoms with E-state index in [1.54, 1.807) is 5.38 Å². The summed E-state index contributed by atoms with van der Waals surface area (Å²) in [6.07, 6.45) is 0. The van der Waals surface area contributed by atoms with Crippen molar-refractivity contribution in [3.63, 3.8) is 0 Å². The number of para-hydroxylation sites is 1. The van der Waals surface area contributed by atoms with Gasteiger partial charge in [0.1, 0.15) is 0 Å². The zero-order valence-electron chi connectivity index (χ0n) is 13.2. The highest BCUT2D eigenvalue weighted by molar-refractivity contribution is 7.03. The predicted molar refractivity (Wildman–Crippen MR) is 91.9 cm³/mol. The Morgan fingerprint density at radius 2 is 2.00 bits per heavy atom. The average Bonchev–Trinajstić information content (AvgIpc) is 3.11. The van der Waals surface area contributed by atoms with Gasteiger partial charge in [0.25, 0.3) is 5.91 Å². The molecule has 0 spiro atoms. The number of nitrogens with one attached hydrogen (secondary N) is 1. The number of carbonyl (C=O) groups is 1. The van der Waals surface area contributed by atoms with Crippen molar-refractivity contribution in [3.05, 3.63) is 41.4 Å². The van der Waals surface area contributed by atoms with Gasteiger partial charge in [-0.1, -0.05) is 22.7 Å². The Morgan fingerprint density at radius 3 is 2.65 bits per heavy atom. The van der Waals surface area contributed by atoms with Crippen LogP contribution in [0.2, 0.25) is 0 Å². The van der Waals surface area contributed by atoms with Gasteiger partial charge in [-0.15, -0.1) is 5.10 Å². The third-order valence-corrected chi connectivity index (χ3v) is 4.50. The Bertz CT molecular complexity index is 611. The van der Waals surface area contributed by atoms with Crippen molar-refractivity contribution in [1.29, 1.82) is 0 Å². The molecule has 3 rings (SSSR count). The number of aromatic nitrogens is 2. The maximum Gasteiger partial charge on any atom is 0.272 e. The fourth-order valence-corrected chi connectivity index (χ4v) is 3.26. The van der Waals surface area contributed by atoms with E-state index in [1.165, 1.54) is 17.2 Å². The lowest BCUT2D eigenvalue weighted by atomic mass is 10.2. The summed E-state index contributed by atoms with van der Waals surface area (Å²) in [7, 11) is 0. The van der Waals surface area contributed by atoms with Gasteiger partial charge in [0.15, 0.2) is 5.69 Å². The molecule has 6 nitrogen and oxygen atoms in total. The van der Waals surface area contributed by atoms with Crippen molar-refractivity contribution in [2.75, 3.05) is 37.6 Å². The van der Waals surface area contributed by atoms with Crippen molar-refractivity contribution in [2.45, 2.75) is 13.0 Å². The van der Waals surface area contributed by atoms with Crippen LogP contribution in [0.25, 0.3) is 0 Å². The van der Waals surface area contributed by atoms with Gasteiger partial charge in [-0.25, -0.2) is 0 Å². The number of amides is 1. The Hall–Kier alpha value is -1.99. The van der Waals surface area contributed by atoms with Crippen LogP contribution in [0.15, 0.2) is 35.7 Å². The molecule has 0 radical (unpaired) electrons. The quantitative estimate of drug-likeness (QED) is 0.899. The van der Waals surface area contributed by atoms with Gasteiger partial charge in [0.2, 0.25) is 0 Å². The Morgan fingerprint density at radius 1 is 1.26 bits per heavy atom. The highest BCUT2D eigenvalue weighted by Crippen LogP contribution is 2.15. The highest BCUT2D eigenvalue weighted by Gasteiger charge is 2.20. The largest absolute Gasteiger partial charge is 0.369 e. The van der Waals surface area contributed by atoms with Crippen molar-refractivity contribution in [2.24, 2.45) is 0 Å². The van der Waals surface area contributed by atoms with Crippen LogP contribution in [0.1, 0.15) is 17.4 Å². The van der Waals surface area contributed by atoms with Crippen LogP contribution in [0.3, 0.4) is 0 Å². The van der Waals surface area contributed by atoms with Crippen molar-refractivity contribution in [1.82, 2.24) is 19.8 Å². The van der Waals surface area contributed by atoms with Crippen molar-refractivity contribution < 1.29 is 4.79 Å². The number of nitrogens with zero attached hydrogens (tertiary/aromatic N) is 4. The fourth-order valence-electron chi connectivity index (χ4n) is 2.82. The zero-order chi connectivity index (χ0) is 16.1. The number of hydrogen-bond donors (Lipinski definition) is 1. The monoisotopic (exact) mass is 331 g/mol. The zero-order valence-corrected chi connectivity index (χ0v) is 14.0. The van der Waals surface area contributed by atoms with Gasteiger partial charge in [0.05, 0.1) is 0 Å². The van der Waals surface area contributed by atoms with E-state index < -0.39 is 0 Å². The van der Waals surface area contributed by atoms with Crippen LogP contribution >= 0.6 is 11.5 Å². The number of anilines is 1. The maximum absolute atomic E-state index is 12.0. The van der Waals surface area contributed by atoms with E-state index >= 15 is 0 Å². The molecule has 1 aromatic heterocycles. The molecule has 1 atom stereocenters. The van der Waals surface area contributed by atoms with Crippen LogP contribution in [0, 0.1) is 0 Å². The first-order valence-electron chi connectivity index (χ1n) is 7.82. The van der Waals surface area contributed by atoms with E-state index in [2.05, 4.69) is 49.0 Å². The summed E-state index contributed by atoms with van der Waals surface area (Å²) in [5.41, 5.74) is 1.68. The molecule has 1 fully saturated rings. The predicted octanol–water partition coefficient (Wildman–Crippen LogP) is 1.48. The normalized spacial score (nSPS) is 17.0. The van der Waals surface area contributed by atoms with Gasteiger partial charge in [0, 0.05) is 49.8 Å². The number of hydrogen-bond acceptors (Lipinski definition) is 6. The standard InChI is InChI=1S/C16H21N5OS/c1-13(17-16(22)15-12-23-19-18-15)11-20-7-9-21(10-8-20)14-5-3-2-4-6-14/h2-6,12-13H,7-11H2,1H3,(H,17,22)/t13-/m1/s1. The molecule has 7 heteroatoms. The van der Waals surface area contributed by atoms with Gasteiger partial charge < -0.3 is 10.2 Å². The fraction of sp³-hybridized carbons (Fsp3) is 0.438. The lowest BCUT2D eigenvalue weighted by molar-refractivity contribution is 0.0923. The molecule has 1 aliphatic heterocycles. The molecule has 1 amide bonds. The molecule has 2 aromatic rings. The minimum Gasteiger partial charge on any atom is -0.369 e. The summed E-state index contributed by atoms with van der Waals surface area (Å²) in [6, 6.07) is 10.6. The topological polar surface area (TPSA) is 61.4 Å². The molecule has 1 aromatic carbocycles. The van der Waals surface area contributed by atoms with Crippen LogP contribution in [-0.2, 0) is 0 Å². The van der Waals surface area contributed by atoms with Gasteiger partial charge >= 0.3 is 0 Å². The minimum atomic E-state index is -0.144. The molecular formula is C16H21N5OS. The molecule has 1 N–H and O–H groups in total. The SMILES string of the molecule is C[C@H](CN1CCN(c2ccccc2)CC1)NC(=O)c1csnn1. The van der Waals surface area contributed by atoms with Crippen LogP contribution < -0.4 is 10.2 Å². The number of carbonyl (C=O) groups excluding carboxylic acids is 1. The van der Waals surface area contributed by atoms with E-state index in [9.17, 15) is 4.79 Å². The molecule has 0 saturated carbocycles. The van der Waals surface area contributed by atoms with E-state index in [4.69, 9.17) is 0 Å². The Labute approximate surface area is 140 Å². The van der Waals surface area contributed by atoms with Crippen LogP contribution in [0.5, 0.6) is 0 Å². The number of benzene rings is 1. The van der Waals surface area contributed by atoms with Crippen molar-refractivity contribution >= 4 is 23.1 Å². The van der Waals surface area contributed by atoms with Gasteiger partial charge in [-0.05, 0) is 30.6 Å². The molecule has 23 heavy (non-hydrogen) atoms. The summed E-state index contributed by atoms with van der Waals surface area (Å²) in [6.45, 7) is 6.93. The Balaban J connectivity index is 1.44. The molecule has 1 aliphatic rings. The molecule has 0 bridgehead atoms. The lowest BCUT2D eigenvalue weighted by Crippen LogP contribution is -2.50. The van der Waals surface area contributed by atoms with Gasteiger partial charge in [-0.2, -0.15) is 0 Å². The second kappa shape index (κ2) is 7.52. The summed E-state index contributed by atoms with van der Waals surface area (Å²) in [5, 5.41) is 8.45. The molecule has 1 saturated heterocycles. The molecule has 0 aliphatic carbocycles. The first-order valence-corrected chi connectivity index (χ1v) is 8.66. The maximum atomic E-state index is 12.0. The van der Waals surface area contributed by atoms with E-state index in [-0.39, 0.29) is 11.9 Å². The first kappa shape index (κ1) is 15.9. The smallest absolute Gasteiger partial charge is 0.272 e. The van der Waals surface area contributed by atoms with E-state index in [0.29, 0.717) is 5.69 Å². The van der Waals surface area contributed by atoms with Crippen LogP contribution in [0.4, 0.5) is 5.69 Å². The third kappa shape index (κ3) is 4.27. The van der Waals surface area contributed by atoms with E-state index in [0.717, 1.165) is 32.7 Å². The van der Waals surface area contributed by atoms with Crippen LogP contribution in [-0.4, -0.2) is 59.2 Å². The third-order valence-electron chi connectivity index (χ3n) is 4.00. The van der Waals surface area contributed by atoms with Crippen molar-refractivity contribution in [3.8, 4) is 0 Å². The summed E-state index contributed by atoms with van der Waals surface area (Å²) in [4.78, 5) is 16.8. The number of piperazine rings is 1. The average molecular weight is 331 g/mol. The lowest BCUT2D eigenvalue weighted by Gasteiger charge is -2.37. The summed E-state index contributed by atoms with van der Waals surface area (Å²) < 4.78 is 3.72. The second-order valence-electron chi connectivity index (χ2n) is 5.79. The first-order chi connectivity index (χ1) is 11.2. The summed E-state index contributed by atoms with van der Waals surface area (Å²) in [5.74, 6) is -0.144. The molecule has 2 heterocycles. The molecule has 0 unspecified atom stereocenters. The number of rotatable bonds is 5. The molecular weight excluding hydrogens is 310 g/mol. The molecule has 122 valence electrons. The highest BCUT2D eigenvalue weighted by atomic mass is 32.1. The Kier molecular flexibility index (Phi) is 5.19. The minimum absolute atomic E-state index is 0.0903.